The first kappa shape index (κ1) is 10.8. The van der Waals surface area contributed by atoms with Gasteiger partial charge in [-0.1, -0.05) is 18.7 Å². The molecular weight excluding hydrogens is 200 g/mol. The molecule has 0 aliphatic rings. The average molecular weight is 211 g/mol. The van der Waals surface area contributed by atoms with Gasteiger partial charge in [-0.15, -0.1) is 11.6 Å². The molecule has 0 unspecified atom stereocenters. The van der Waals surface area contributed by atoms with Crippen LogP contribution in [0.15, 0.2) is 36.4 Å². The lowest BCUT2D eigenvalue weighted by atomic mass is 10.2. The van der Waals surface area contributed by atoms with Crippen molar-refractivity contribution in [3.63, 3.8) is 0 Å². The van der Waals surface area contributed by atoms with Crippen LogP contribution in [0.1, 0.15) is 10.4 Å². The van der Waals surface area contributed by atoms with Crippen LogP contribution in [-0.2, 0) is 0 Å². The van der Waals surface area contributed by atoms with E-state index in [-0.39, 0.29) is 0 Å². The molecule has 0 spiro atoms. The van der Waals surface area contributed by atoms with Gasteiger partial charge in [0.25, 0.3) is 0 Å². The Labute approximate surface area is 88.1 Å². The molecule has 0 amide bonds. The summed E-state index contributed by atoms with van der Waals surface area (Å²) in [7, 11) is 0. The molecule has 1 rings (SSSR count). The van der Waals surface area contributed by atoms with Gasteiger partial charge in [0, 0.05) is 5.88 Å². The van der Waals surface area contributed by atoms with Gasteiger partial charge in [0.2, 0.25) is 0 Å². The topological polar surface area (TPSA) is 26.3 Å². The van der Waals surface area contributed by atoms with E-state index >= 15 is 0 Å². The molecule has 1 aromatic carbocycles. The largest absolute Gasteiger partial charge is 0.488 e. The van der Waals surface area contributed by atoms with Gasteiger partial charge in [-0.25, -0.2) is 0 Å². The molecule has 1 aromatic rings. The first-order valence-electron chi connectivity index (χ1n) is 4.17. The minimum atomic E-state index is 0.342. The summed E-state index contributed by atoms with van der Waals surface area (Å²) in [5.41, 5.74) is 1.32. The smallest absolute Gasteiger partial charge is 0.153 e. The van der Waals surface area contributed by atoms with Gasteiger partial charge in [-0.2, -0.15) is 0 Å². The van der Waals surface area contributed by atoms with Crippen LogP contribution >= 0.6 is 11.6 Å². The van der Waals surface area contributed by atoms with Crippen LogP contribution in [0.5, 0.6) is 5.75 Å². The number of para-hydroxylation sites is 1. The van der Waals surface area contributed by atoms with Gasteiger partial charge in [0.15, 0.2) is 6.29 Å². The normalized spacial score (nSPS) is 9.50. The fourth-order valence-electron chi connectivity index (χ4n) is 0.928. The molecule has 0 heterocycles. The number of halogens is 1. The van der Waals surface area contributed by atoms with Crippen molar-refractivity contribution in [1.29, 1.82) is 0 Å². The molecule has 0 radical (unpaired) electrons. The zero-order valence-corrected chi connectivity index (χ0v) is 8.46. The fraction of sp³-hybridized carbons (Fsp3) is 0.182. The highest BCUT2D eigenvalue weighted by molar-refractivity contribution is 6.19. The summed E-state index contributed by atoms with van der Waals surface area (Å²) in [6.07, 6.45) is 0.763. The molecule has 3 heteroatoms. The van der Waals surface area contributed by atoms with E-state index in [1.54, 1.807) is 18.2 Å². The summed E-state index contributed by atoms with van der Waals surface area (Å²) < 4.78 is 5.37. The van der Waals surface area contributed by atoms with Gasteiger partial charge in [-0.3, -0.25) is 4.79 Å². The zero-order valence-electron chi connectivity index (χ0n) is 7.70. The van der Waals surface area contributed by atoms with Crippen molar-refractivity contribution in [2.45, 2.75) is 0 Å². The third-order valence-corrected chi connectivity index (χ3v) is 2.04. The Hall–Kier alpha value is -1.28. The summed E-state index contributed by atoms with van der Waals surface area (Å²) in [5, 5.41) is 0. The highest BCUT2D eigenvalue weighted by Crippen LogP contribution is 2.16. The number of rotatable bonds is 5. The number of hydrogen-bond acceptors (Lipinski definition) is 2. The van der Waals surface area contributed by atoms with Gasteiger partial charge in [0.05, 0.1) is 5.56 Å². The SMILES string of the molecule is C=C(CCl)COc1ccccc1C=O. The van der Waals surface area contributed by atoms with Gasteiger partial charge in [-0.05, 0) is 17.7 Å². The second-order valence-electron chi connectivity index (χ2n) is 2.83. The maximum atomic E-state index is 10.6. The molecule has 0 N–H and O–H groups in total. The van der Waals surface area contributed by atoms with Crippen molar-refractivity contribution >= 4 is 17.9 Å². The molecule has 0 bridgehead atoms. The second kappa shape index (κ2) is 5.45. The fourth-order valence-corrected chi connectivity index (χ4v) is 1.00. The number of benzene rings is 1. The lowest BCUT2D eigenvalue weighted by molar-refractivity contribution is 0.112. The van der Waals surface area contributed by atoms with E-state index in [0.29, 0.717) is 23.8 Å². The molecule has 0 saturated carbocycles. The standard InChI is InChI=1S/C11H11ClO2/c1-9(6-12)8-14-11-5-3-2-4-10(11)7-13/h2-5,7H,1,6,8H2. The van der Waals surface area contributed by atoms with E-state index in [1.165, 1.54) is 0 Å². The van der Waals surface area contributed by atoms with Crippen molar-refractivity contribution in [2.24, 2.45) is 0 Å². The summed E-state index contributed by atoms with van der Waals surface area (Å²) in [6, 6.07) is 7.04. The maximum absolute atomic E-state index is 10.6. The molecule has 14 heavy (non-hydrogen) atoms. The van der Waals surface area contributed by atoms with Crippen molar-refractivity contribution in [3.05, 3.63) is 42.0 Å². The van der Waals surface area contributed by atoms with E-state index in [4.69, 9.17) is 16.3 Å². The van der Waals surface area contributed by atoms with Crippen molar-refractivity contribution in [1.82, 2.24) is 0 Å². The minimum Gasteiger partial charge on any atom is -0.488 e. The molecule has 0 aliphatic heterocycles. The van der Waals surface area contributed by atoms with E-state index in [2.05, 4.69) is 6.58 Å². The number of carbonyl (C=O) groups excluding carboxylic acids is 1. The molecule has 0 fully saturated rings. The molecule has 0 saturated heterocycles. The van der Waals surface area contributed by atoms with Crippen LogP contribution in [0.3, 0.4) is 0 Å². The quantitative estimate of drug-likeness (QED) is 0.424. The van der Waals surface area contributed by atoms with E-state index in [0.717, 1.165) is 11.9 Å². The third kappa shape index (κ3) is 2.89. The maximum Gasteiger partial charge on any atom is 0.153 e. The minimum absolute atomic E-state index is 0.342. The van der Waals surface area contributed by atoms with Crippen LogP contribution in [0, 0.1) is 0 Å². The van der Waals surface area contributed by atoms with Crippen molar-refractivity contribution in [2.75, 3.05) is 12.5 Å². The molecule has 0 atom stereocenters. The van der Waals surface area contributed by atoms with Crippen LogP contribution in [-0.4, -0.2) is 18.8 Å². The lowest BCUT2D eigenvalue weighted by Crippen LogP contribution is -2.02. The number of aldehydes is 1. The second-order valence-corrected chi connectivity index (χ2v) is 3.10. The predicted molar refractivity (Wildman–Crippen MR) is 57.2 cm³/mol. The summed E-state index contributed by atoms with van der Waals surface area (Å²) >= 11 is 5.54. The first-order chi connectivity index (χ1) is 6.77. The molecule has 0 aromatic heterocycles. The van der Waals surface area contributed by atoms with Crippen molar-refractivity contribution < 1.29 is 9.53 Å². The predicted octanol–water partition coefficient (Wildman–Crippen LogP) is 2.67. The molecule has 2 nitrogen and oxygen atoms in total. The van der Waals surface area contributed by atoms with Crippen molar-refractivity contribution in [3.8, 4) is 5.75 Å². The van der Waals surface area contributed by atoms with Crippen LogP contribution in [0.2, 0.25) is 0 Å². The average Bonchev–Trinajstić information content (AvgIpc) is 2.26. The van der Waals surface area contributed by atoms with Crippen LogP contribution in [0.4, 0.5) is 0 Å². The zero-order chi connectivity index (χ0) is 10.4. The molecule has 0 aliphatic carbocycles. The molecule has 74 valence electrons. The Balaban J connectivity index is 2.66. The number of alkyl halides is 1. The third-order valence-electron chi connectivity index (χ3n) is 1.67. The Kier molecular flexibility index (Phi) is 4.20. The number of hydrogen-bond donors (Lipinski definition) is 0. The number of ether oxygens (including phenoxy) is 1. The van der Waals surface area contributed by atoms with Gasteiger partial charge in [0.1, 0.15) is 12.4 Å². The summed E-state index contributed by atoms with van der Waals surface area (Å²) in [5.74, 6) is 0.928. The monoisotopic (exact) mass is 210 g/mol. The van der Waals surface area contributed by atoms with E-state index in [9.17, 15) is 4.79 Å². The van der Waals surface area contributed by atoms with Crippen LogP contribution in [0.25, 0.3) is 0 Å². The Morgan fingerprint density at radius 3 is 2.86 bits per heavy atom. The highest BCUT2D eigenvalue weighted by Gasteiger charge is 2.01. The Morgan fingerprint density at radius 2 is 2.21 bits per heavy atom. The molecular formula is C11H11ClO2. The Morgan fingerprint density at radius 1 is 1.50 bits per heavy atom. The number of carbonyl (C=O) groups is 1. The highest BCUT2D eigenvalue weighted by atomic mass is 35.5. The van der Waals surface area contributed by atoms with Gasteiger partial charge >= 0.3 is 0 Å². The Bertz CT molecular complexity index is 334. The first-order valence-corrected chi connectivity index (χ1v) is 4.71. The van der Waals surface area contributed by atoms with Crippen LogP contribution < -0.4 is 4.74 Å². The summed E-state index contributed by atoms with van der Waals surface area (Å²) in [4.78, 5) is 10.6. The van der Waals surface area contributed by atoms with E-state index in [1.807, 2.05) is 6.07 Å². The van der Waals surface area contributed by atoms with E-state index < -0.39 is 0 Å². The van der Waals surface area contributed by atoms with Gasteiger partial charge < -0.3 is 4.74 Å². The lowest BCUT2D eigenvalue weighted by Gasteiger charge is -2.07. The summed E-state index contributed by atoms with van der Waals surface area (Å²) in [6.45, 7) is 4.04.